The van der Waals surface area contributed by atoms with Crippen LogP contribution in [-0.2, 0) is 0 Å². The Labute approximate surface area is 94.0 Å². The average molecular weight is 211 g/mol. The van der Waals surface area contributed by atoms with Crippen LogP contribution in [0.15, 0.2) is 12.2 Å². The van der Waals surface area contributed by atoms with Gasteiger partial charge in [-0.15, -0.1) is 6.58 Å². The molecule has 0 saturated carbocycles. The molecule has 0 bridgehead atoms. The molecule has 1 unspecified atom stereocenters. The molecule has 15 heavy (non-hydrogen) atoms. The number of piperidine rings is 1. The molecule has 1 aliphatic rings. The smallest absolute Gasteiger partial charge is 0.0755 e. The molecular formula is C13H25NO. The van der Waals surface area contributed by atoms with Crippen LogP contribution in [0.3, 0.4) is 0 Å². The van der Waals surface area contributed by atoms with Gasteiger partial charge in [-0.05, 0) is 53.1 Å². The fourth-order valence-corrected chi connectivity index (χ4v) is 2.26. The Morgan fingerprint density at radius 2 is 1.87 bits per heavy atom. The average Bonchev–Trinajstić information content (AvgIpc) is 2.18. The molecule has 1 atom stereocenters. The van der Waals surface area contributed by atoms with Crippen LogP contribution in [0.5, 0.6) is 0 Å². The number of likely N-dealkylation sites (tertiary alicyclic amines) is 1. The van der Waals surface area contributed by atoms with Crippen LogP contribution in [0.2, 0.25) is 0 Å². The summed E-state index contributed by atoms with van der Waals surface area (Å²) < 4.78 is 0. The number of nitrogens with zero attached hydrogens (tertiary/aromatic N) is 1. The third-order valence-electron chi connectivity index (χ3n) is 3.53. The second-order valence-corrected chi connectivity index (χ2v) is 5.38. The van der Waals surface area contributed by atoms with Crippen LogP contribution in [0.1, 0.15) is 46.5 Å². The highest BCUT2D eigenvalue weighted by molar-refractivity contribution is 4.99. The Morgan fingerprint density at radius 3 is 2.33 bits per heavy atom. The van der Waals surface area contributed by atoms with Crippen molar-refractivity contribution in [3.63, 3.8) is 0 Å². The van der Waals surface area contributed by atoms with Crippen molar-refractivity contribution in [3.8, 4) is 0 Å². The quantitative estimate of drug-likeness (QED) is 0.722. The van der Waals surface area contributed by atoms with E-state index < -0.39 is 0 Å². The number of hydrogen-bond acceptors (Lipinski definition) is 2. The minimum atomic E-state index is -0.298. The summed E-state index contributed by atoms with van der Waals surface area (Å²) in [5, 5.41) is 10.2. The maximum atomic E-state index is 10.2. The van der Waals surface area contributed by atoms with Crippen LogP contribution in [0, 0.1) is 0 Å². The second-order valence-electron chi connectivity index (χ2n) is 5.38. The molecule has 0 aromatic heterocycles. The molecule has 0 amide bonds. The van der Waals surface area contributed by atoms with Crippen molar-refractivity contribution in [2.75, 3.05) is 13.1 Å². The molecular weight excluding hydrogens is 186 g/mol. The molecule has 1 heterocycles. The first-order valence-electron chi connectivity index (χ1n) is 6.02. The van der Waals surface area contributed by atoms with Gasteiger partial charge in [-0.25, -0.2) is 0 Å². The lowest BCUT2D eigenvalue weighted by atomic mass is 9.89. The Morgan fingerprint density at radius 1 is 1.33 bits per heavy atom. The molecule has 1 N–H and O–H groups in total. The Kier molecular flexibility index (Phi) is 4.35. The van der Waals surface area contributed by atoms with E-state index in [1.807, 2.05) is 6.92 Å². The van der Waals surface area contributed by atoms with Crippen molar-refractivity contribution in [2.24, 2.45) is 0 Å². The van der Waals surface area contributed by atoms with Crippen LogP contribution < -0.4 is 0 Å². The molecule has 0 spiro atoms. The predicted octanol–water partition coefficient (Wildman–Crippen LogP) is 2.58. The summed E-state index contributed by atoms with van der Waals surface area (Å²) in [5.74, 6) is 0. The highest BCUT2D eigenvalue weighted by atomic mass is 16.3. The number of aliphatic hydroxyl groups excluding tert-OH is 1. The largest absolute Gasteiger partial charge is 0.391 e. The lowest BCUT2D eigenvalue weighted by Crippen LogP contribution is -2.54. The van der Waals surface area contributed by atoms with E-state index in [1.165, 1.54) is 19.3 Å². The zero-order chi connectivity index (χ0) is 11.5. The second kappa shape index (κ2) is 5.13. The maximum Gasteiger partial charge on any atom is 0.0755 e. The van der Waals surface area contributed by atoms with Gasteiger partial charge in [-0.3, -0.25) is 4.90 Å². The van der Waals surface area contributed by atoms with Crippen molar-refractivity contribution >= 4 is 0 Å². The molecule has 0 radical (unpaired) electrons. The van der Waals surface area contributed by atoms with Gasteiger partial charge in [0.05, 0.1) is 6.10 Å². The van der Waals surface area contributed by atoms with Crippen molar-refractivity contribution in [1.29, 1.82) is 0 Å². The summed E-state index contributed by atoms with van der Waals surface area (Å²) in [7, 11) is 0. The first-order valence-corrected chi connectivity index (χ1v) is 6.02. The highest BCUT2D eigenvalue weighted by Gasteiger charge is 2.34. The lowest BCUT2D eigenvalue weighted by molar-refractivity contribution is -0.0185. The van der Waals surface area contributed by atoms with Gasteiger partial charge in [0, 0.05) is 5.54 Å². The summed E-state index contributed by atoms with van der Waals surface area (Å²) in [6.07, 6.45) is 4.28. The normalized spacial score (nSPS) is 21.3. The molecule has 1 rings (SSSR count). The highest BCUT2D eigenvalue weighted by Crippen LogP contribution is 2.26. The molecule has 0 aromatic rings. The molecule has 0 aromatic carbocycles. The SMILES string of the molecule is C=C(C)CC(O)C(C)(C)N1CCCCC1. The van der Waals surface area contributed by atoms with Crippen molar-refractivity contribution in [1.82, 2.24) is 4.90 Å². The standard InChI is InChI=1S/C13H25NO/c1-11(2)10-12(15)13(3,4)14-8-6-5-7-9-14/h12,15H,1,5-10H2,2-4H3. The third kappa shape index (κ3) is 3.32. The van der Waals surface area contributed by atoms with E-state index in [9.17, 15) is 5.11 Å². The number of rotatable bonds is 4. The van der Waals surface area contributed by atoms with E-state index in [0.717, 1.165) is 18.7 Å². The van der Waals surface area contributed by atoms with E-state index >= 15 is 0 Å². The first-order chi connectivity index (χ1) is 6.94. The molecule has 2 heteroatoms. The fourth-order valence-electron chi connectivity index (χ4n) is 2.26. The third-order valence-corrected chi connectivity index (χ3v) is 3.53. The molecule has 0 aliphatic carbocycles. The summed E-state index contributed by atoms with van der Waals surface area (Å²) in [4.78, 5) is 2.42. The zero-order valence-corrected chi connectivity index (χ0v) is 10.4. The van der Waals surface area contributed by atoms with Gasteiger partial charge in [0.2, 0.25) is 0 Å². The minimum Gasteiger partial charge on any atom is -0.391 e. The predicted molar refractivity (Wildman–Crippen MR) is 64.9 cm³/mol. The fraction of sp³-hybridized carbons (Fsp3) is 0.846. The van der Waals surface area contributed by atoms with Gasteiger partial charge in [0.15, 0.2) is 0 Å². The zero-order valence-electron chi connectivity index (χ0n) is 10.4. The molecule has 88 valence electrons. The monoisotopic (exact) mass is 211 g/mol. The van der Waals surface area contributed by atoms with Gasteiger partial charge >= 0.3 is 0 Å². The topological polar surface area (TPSA) is 23.5 Å². The lowest BCUT2D eigenvalue weighted by Gasteiger charge is -2.44. The first kappa shape index (κ1) is 12.7. The van der Waals surface area contributed by atoms with Crippen LogP contribution >= 0.6 is 0 Å². The van der Waals surface area contributed by atoms with Crippen molar-refractivity contribution in [2.45, 2.75) is 58.1 Å². The maximum absolute atomic E-state index is 10.2. The van der Waals surface area contributed by atoms with Gasteiger partial charge < -0.3 is 5.11 Å². The van der Waals surface area contributed by atoms with E-state index in [1.54, 1.807) is 0 Å². The van der Waals surface area contributed by atoms with Gasteiger partial charge in [-0.1, -0.05) is 12.0 Å². The minimum absolute atomic E-state index is 0.112. The van der Waals surface area contributed by atoms with Crippen molar-refractivity contribution in [3.05, 3.63) is 12.2 Å². The number of hydrogen-bond donors (Lipinski definition) is 1. The molecule has 2 nitrogen and oxygen atoms in total. The van der Waals surface area contributed by atoms with E-state index in [0.29, 0.717) is 6.42 Å². The van der Waals surface area contributed by atoms with Crippen LogP contribution in [-0.4, -0.2) is 34.7 Å². The summed E-state index contributed by atoms with van der Waals surface area (Å²) in [6, 6.07) is 0. The summed E-state index contributed by atoms with van der Waals surface area (Å²) in [6.45, 7) is 12.4. The Balaban J connectivity index is 2.58. The molecule has 1 fully saturated rings. The van der Waals surface area contributed by atoms with Crippen molar-refractivity contribution < 1.29 is 5.11 Å². The Bertz CT molecular complexity index is 217. The number of aliphatic hydroxyl groups is 1. The van der Waals surface area contributed by atoms with Gasteiger partial charge in [-0.2, -0.15) is 0 Å². The van der Waals surface area contributed by atoms with E-state index in [4.69, 9.17) is 0 Å². The summed E-state index contributed by atoms with van der Waals surface area (Å²) in [5.41, 5.74) is 0.951. The molecule has 1 saturated heterocycles. The van der Waals surface area contributed by atoms with Gasteiger partial charge in [0.25, 0.3) is 0 Å². The summed E-state index contributed by atoms with van der Waals surface area (Å²) >= 11 is 0. The van der Waals surface area contributed by atoms with Gasteiger partial charge in [0.1, 0.15) is 0 Å². The van der Waals surface area contributed by atoms with E-state index in [-0.39, 0.29) is 11.6 Å². The van der Waals surface area contributed by atoms with E-state index in [2.05, 4.69) is 25.3 Å². The van der Waals surface area contributed by atoms with Crippen LogP contribution in [0.4, 0.5) is 0 Å². The molecule has 1 aliphatic heterocycles. The Hall–Kier alpha value is -0.340. The van der Waals surface area contributed by atoms with Crippen LogP contribution in [0.25, 0.3) is 0 Å².